The van der Waals surface area contributed by atoms with Crippen LogP contribution in [0.4, 0.5) is 15.8 Å². The van der Waals surface area contributed by atoms with Crippen LogP contribution in [0.3, 0.4) is 0 Å². The third kappa shape index (κ3) is 5.08. The third-order valence-corrected chi connectivity index (χ3v) is 7.43. The molecule has 12 heteroatoms. The lowest BCUT2D eigenvalue weighted by atomic mass is 9.97. The summed E-state index contributed by atoms with van der Waals surface area (Å²) in [5, 5.41) is 7.16. The van der Waals surface area contributed by atoms with Crippen molar-refractivity contribution in [2.45, 2.75) is 12.8 Å². The van der Waals surface area contributed by atoms with Crippen molar-refractivity contribution in [2.75, 3.05) is 22.7 Å². The fraction of sp³-hybridized carbons (Fsp3) is 0.294. The molecule has 1 amide bonds. The van der Waals surface area contributed by atoms with Gasteiger partial charge in [-0.15, -0.1) is 23.7 Å². The third-order valence-electron chi connectivity index (χ3n) is 4.45. The molecule has 1 aliphatic rings. The fourth-order valence-corrected chi connectivity index (χ4v) is 5.74. The number of nitrogens with zero attached hydrogens (tertiary/aromatic N) is 2. The van der Waals surface area contributed by atoms with Gasteiger partial charge >= 0.3 is 0 Å². The van der Waals surface area contributed by atoms with Crippen molar-refractivity contribution in [3.8, 4) is 0 Å². The van der Waals surface area contributed by atoms with Crippen molar-refractivity contribution < 1.29 is 13.6 Å². The largest absolute Gasteiger partial charge is 0.755 e. The number of thiazole rings is 1. The first kappa shape index (κ1) is 22.4. The monoisotopic (exact) mass is 491 g/mol. The Morgan fingerprint density at radius 1 is 1.28 bits per heavy atom. The highest BCUT2D eigenvalue weighted by molar-refractivity contribution is 7.81. The summed E-state index contributed by atoms with van der Waals surface area (Å²) < 4.78 is 26.1. The number of rotatable bonds is 5. The second-order valence-corrected chi connectivity index (χ2v) is 9.80. The Bertz CT molecular complexity index is 1040. The summed E-state index contributed by atoms with van der Waals surface area (Å²) in [6.45, 7) is 1.69. The second kappa shape index (κ2) is 9.69. The Balaban J connectivity index is 0.00000240. The molecule has 0 saturated carbocycles. The molecule has 4 rings (SSSR count). The molecule has 3 aromatic rings. The molecule has 2 N–H and O–H groups in total. The van der Waals surface area contributed by atoms with E-state index in [1.54, 1.807) is 30.3 Å². The molecule has 7 nitrogen and oxygen atoms in total. The molecule has 1 saturated heterocycles. The summed E-state index contributed by atoms with van der Waals surface area (Å²) in [7, 11) is 0. The number of halogens is 2. The van der Waals surface area contributed by atoms with E-state index < -0.39 is 11.3 Å². The van der Waals surface area contributed by atoms with Crippen molar-refractivity contribution in [3.05, 3.63) is 34.7 Å². The lowest BCUT2D eigenvalue weighted by Crippen LogP contribution is -2.34. The molecule has 0 bridgehead atoms. The summed E-state index contributed by atoms with van der Waals surface area (Å²) in [6, 6.07) is 8.49. The maximum Gasteiger partial charge on any atom is 0.229 e. The Morgan fingerprint density at radius 3 is 2.69 bits per heavy atom. The van der Waals surface area contributed by atoms with Crippen LogP contribution in [0.2, 0.25) is 4.34 Å². The minimum absolute atomic E-state index is 0. The highest BCUT2D eigenvalue weighted by Crippen LogP contribution is 2.37. The van der Waals surface area contributed by atoms with Gasteiger partial charge in [0.05, 0.1) is 31.5 Å². The highest BCUT2D eigenvalue weighted by Gasteiger charge is 2.22. The number of thiophene rings is 1. The van der Waals surface area contributed by atoms with Crippen LogP contribution in [0.15, 0.2) is 30.3 Å². The molecule has 29 heavy (non-hydrogen) atoms. The van der Waals surface area contributed by atoms with Gasteiger partial charge in [-0.1, -0.05) is 22.9 Å². The van der Waals surface area contributed by atoms with E-state index in [0.29, 0.717) is 25.7 Å². The molecule has 0 spiro atoms. The number of aromatic nitrogens is 1. The van der Waals surface area contributed by atoms with Gasteiger partial charge in [0, 0.05) is 5.92 Å². The van der Waals surface area contributed by atoms with Gasteiger partial charge < -0.3 is 15.2 Å². The predicted molar refractivity (Wildman–Crippen MR) is 121 cm³/mol. The van der Waals surface area contributed by atoms with E-state index in [1.165, 1.54) is 27.0 Å². The maximum atomic E-state index is 12.4. The fourth-order valence-electron chi connectivity index (χ4n) is 3.09. The number of anilines is 3. The van der Waals surface area contributed by atoms with E-state index in [9.17, 15) is 13.6 Å². The number of hydrogen-bond donors (Lipinski definition) is 2. The summed E-state index contributed by atoms with van der Waals surface area (Å²) in [6.07, 6.45) is 1.63. The van der Waals surface area contributed by atoms with Gasteiger partial charge in [0.25, 0.3) is 0 Å². The molecular formula is C17H17Cl2N4O3S3-. The van der Waals surface area contributed by atoms with Crippen LogP contribution >= 0.6 is 46.7 Å². The number of carbonyl (C=O) groups is 1. The number of fused-ring (bicyclic) bond motifs is 1. The zero-order valence-electron chi connectivity index (χ0n) is 14.9. The minimum Gasteiger partial charge on any atom is -0.755 e. The summed E-state index contributed by atoms with van der Waals surface area (Å²) in [4.78, 5) is 16.9. The summed E-state index contributed by atoms with van der Waals surface area (Å²) in [5.41, 5.74) is 1.19. The number of hydrogen-bond acceptors (Lipinski definition) is 7. The van der Waals surface area contributed by atoms with E-state index in [0.717, 1.165) is 30.6 Å². The standard InChI is InChI=1S/C17H17ClN4O3S3.ClH/c18-14-3-4-15(27-14)22(28(24)25)11-1-2-12-13(9-11)26-17(20-12)21-16(23)10-5-7-19-8-6-10;/h1-4,9-10,19H,5-8H2,(H,24,25)(H,20,21,23);1H/p-1. The highest BCUT2D eigenvalue weighted by atomic mass is 35.5. The number of benzene rings is 1. The second-order valence-electron chi connectivity index (χ2n) is 6.27. The molecular weight excluding hydrogens is 475 g/mol. The summed E-state index contributed by atoms with van der Waals surface area (Å²) >= 11 is 5.95. The molecule has 1 fully saturated rings. The zero-order chi connectivity index (χ0) is 19.7. The molecule has 1 aromatic carbocycles. The SMILES string of the molecule is Cl.O=C(Nc1nc2ccc(N(c3ccc(Cl)s3)S(=O)[O-])cc2s1)C1CCNCC1. The first-order chi connectivity index (χ1) is 13.5. The van der Waals surface area contributed by atoms with Gasteiger partial charge in [-0.25, -0.2) is 4.98 Å². The number of carbonyl (C=O) groups excluding carboxylic acids is 1. The topological polar surface area (TPSA) is 97.4 Å². The minimum atomic E-state index is -2.50. The van der Waals surface area contributed by atoms with Gasteiger partial charge in [0.1, 0.15) is 5.00 Å². The van der Waals surface area contributed by atoms with Gasteiger partial charge in [0.15, 0.2) is 5.13 Å². The molecule has 3 heterocycles. The molecule has 2 aromatic heterocycles. The van der Waals surface area contributed by atoms with E-state index in [1.807, 2.05) is 0 Å². The van der Waals surface area contributed by atoms with Crippen LogP contribution in [0.1, 0.15) is 12.8 Å². The molecule has 1 atom stereocenters. The molecule has 1 unspecified atom stereocenters. The van der Waals surface area contributed by atoms with Gasteiger partial charge in [-0.2, -0.15) is 0 Å². The van der Waals surface area contributed by atoms with Crippen LogP contribution in [0.25, 0.3) is 10.2 Å². The number of amides is 1. The number of nitrogens with one attached hydrogen (secondary N) is 2. The van der Waals surface area contributed by atoms with Crippen LogP contribution in [-0.2, 0) is 16.1 Å². The van der Waals surface area contributed by atoms with Crippen molar-refractivity contribution in [1.82, 2.24) is 10.3 Å². The summed E-state index contributed by atoms with van der Waals surface area (Å²) in [5.74, 6) is -0.0259. The van der Waals surface area contributed by atoms with E-state index in [4.69, 9.17) is 11.6 Å². The van der Waals surface area contributed by atoms with E-state index in [-0.39, 0.29) is 24.2 Å². The van der Waals surface area contributed by atoms with Crippen LogP contribution in [-0.4, -0.2) is 32.7 Å². The molecule has 0 aliphatic carbocycles. The Labute approximate surface area is 189 Å². The van der Waals surface area contributed by atoms with Crippen molar-refractivity contribution in [1.29, 1.82) is 0 Å². The predicted octanol–water partition coefficient (Wildman–Crippen LogP) is 4.30. The Hall–Kier alpha value is -1.27. The average Bonchev–Trinajstić information content (AvgIpc) is 3.27. The van der Waals surface area contributed by atoms with E-state index in [2.05, 4.69) is 15.6 Å². The lowest BCUT2D eigenvalue weighted by molar-refractivity contribution is -0.120. The van der Waals surface area contributed by atoms with Crippen molar-refractivity contribution in [2.24, 2.45) is 5.92 Å². The van der Waals surface area contributed by atoms with Crippen LogP contribution < -0.4 is 14.9 Å². The first-order valence-electron chi connectivity index (χ1n) is 8.58. The van der Waals surface area contributed by atoms with Crippen molar-refractivity contribution >= 4 is 89.9 Å². The normalized spacial score (nSPS) is 15.7. The van der Waals surface area contributed by atoms with E-state index >= 15 is 0 Å². The zero-order valence-corrected chi connectivity index (χ0v) is 18.9. The quantitative estimate of drug-likeness (QED) is 0.518. The molecule has 1 aliphatic heterocycles. The first-order valence-corrected chi connectivity index (χ1v) is 11.6. The van der Waals surface area contributed by atoms with Crippen molar-refractivity contribution in [3.63, 3.8) is 0 Å². The Kier molecular flexibility index (Phi) is 7.49. The average molecular weight is 492 g/mol. The maximum absolute atomic E-state index is 12.4. The lowest BCUT2D eigenvalue weighted by Gasteiger charge is -2.24. The van der Waals surface area contributed by atoms with Gasteiger partial charge in [-0.05, 0) is 56.3 Å². The smallest absolute Gasteiger partial charge is 0.229 e. The van der Waals surface area contributed by atoms with Crippen LogP contribution in [0.5, 0.6) is 0 Å². The Morgan fingerprint density at radius 2 is 2.03 bits per heavy atom. The van der Waals surface area contributed by atoms with Gasteiger partial charge in [-0.3, -0.25) is 13.3 Å². The number of piperidine rings is 1. The van der Waals surface area contributed by atoms with Crippen LogP contribution in [0, 0.1) is 5.92 Å². The van der Waals surface area contributed by atoms with Gasteiger partial charge in [0.2, 0.25) is 5.91 Å². The molecule has 0 radical (unpaired) electrons. The molecule has 156 valence electrons.